The van der Waals surface area contributed by atoms with Crippen LogP contribution in [0.25, 0.3) is 11.4 Å². The fourth-order valence-electron chi connectivity index (χ4n) is 2.80. The van der Waals surface area contributed by atoms with E-state index in [-0.39, 0.29) is 23.7 Å². The highest BCUT2D eigenvalue weighted by Crippen LogP contribution is 2.36. The number of nitrogens with zero attached hydrogens (tertiary/aromatic N) is 2. The molecule has 8 nitrogen and oxygen atoms in total. The Morgan fingerprint density at radius 1 is 1.28 bits per heavy atom. The third-order valence-corrected chi connectivity index (χ3v) is 5.47. The second-order valence-corrected chi connectivity index (χ2v) is 7.63. The maximum Gasteiger partial charge on any atom is 0.338 e. The second-order valence-electron chi connectivity index (χ2n) is 6.25. The summed E-state index contributed by atoms with van der Waals surface area (Å²) in [6.45, 7) is 1.66. The molecule has 3 aromatic rings. The van der Waals surface area contributed by atoms with Crippen molar-refractivity contribution in [2.45, 2.75) is 23.7 Å². The van der Waals surface area contributed by atoms with Crippen LogP contribution >= 0.6 is 11.8 Å². The van der Waals surface area contributed by atoms with E-state index in [1.54, 1.807) is 37.4 Å². The van der Waals surface area contributed by atoms with Gasteiger partial charge >= 0.3 is 5.97 Å². The van der Waals surface area contributed by atoms with Crippen molar-refractivity contribution in [1.29, 1.82) is 0 Å². The molecule has 1 amide bonds. The first-order chi connectivity index (χ1) is 14.0. The van der Waals surface area contributed by atoms with Gasteiger partial charge in [0.05, 0.1) is 29.2 Å². The number of hydrogen-bond donors (Lipinski definition) is 1. The fraction of sp³-hybridized carbons (Fsp3) is 0.200. The van der Waals surface area contributed by atoms with Crippen LogP contribution in [0, 0.1) is 0 Å². The molecule has 0 fully saturated rings. The lowest BCUT2D eigenvalue weighted by Gasteiger charge is -2.21. The Kier molecular flexibility index (Phi) is 5.22. The summed E-state index contributed by atoms with van der Waals surface area (Å²) in [5.74, 6) is 0.469. The molecule has 1 atom stereocenters. The number of thioether (sulfide) groups is 1. The number of esters is 1. The van der Waals surface area contributed by atoms with Gasteiger partial charge in [-0.05, 0) is 37.3 Å². The van der Waals surface area contributed by atoms with Crippen LogP contribution in [0.3, 0.4) is 0 Å². The number of fused-ring (bicyclic) bond motifs is 1. The minimum Gasteiger partial charge on any atom is -0.496 e. The number of nitrogens with one attached hydrogen (secondary N) is 1. The van der Waals surface area contributed by atoms with Crippen LogP contribution in [0.15, 0.2) is 51.9 Å². The molecule has 0 saturated heterocycles. The number of ether oxygens (including phenoxy) is 2. The van der Waals surface area contributed by atoms with Gasteiger partial charge in [0, 0.05) is 4.90 Å². The van der Waals surface area contributed by atoms with E-state index in [2.05, 4.69) is 15.5 Å². The van der Waals surface area contributed by atoms with E-state index in [9.17, 15) is 9.59 Å². The first kappa shape index (κ1) is 19.0. The number of amides is 1. The van der Waals surface area contributed by atoms with Crippen molar-refractivity contribution < 1.29 is 23.6 Å². The lowest BCUT2D eigenvalue weighted by molar-refractivity contribution is -0.115. The highest BCUT2D eigenvalue weighted by molar-refractivity contribution is 8.00. The smallest absolute Gasteiger partial charge is 0.338 e. The average molecular weight is 411 g/mol. The van der Waals surface area contributed by atoms with Gasteiger partial charge in [0.15, 0.2) is 6.61 Å². The zero-order valence-corrected chi connectivity index (χ0v) is 16.5. The molecule has 1 aliphatic rings. The van der Waals surface area contributed by atoms with Crippen LogP contribution in [0.1, 0.15) is 23.2 Å². The number of carbonyl (C=O) groups is 2. The minimum absolute atomic E-state index is 0.0947. The summed E-state index contributed by atoms with van der Waals surface area (Å²) in [6, 6.07) is 12.3. The SMILES string of the molecule is COc1ccccc1-c1noc(COC(=O)c2ccc3c(c2)NC(=O)C(C)S3)n1. The summed E-state index contributed by atoms with van der Waals surface area (Å²) in [4.78, 5) is 29.4. The van der Waals surface area contributed by atoms with Gasteiger partial charge in [-0.25, -0.2) is 4.79 Å². The molecule has 1 unspecified atom stereocenters. The minimum atomic E-state index is -0.553. The summed E-state index contributed by atoms with van der Waals surface area (Å²) in [6.07, 6.45) is 0. The second kappa shape index (κ2) is 7.96. The van der Waals surface area contributed by atoms with Crippen LogP contribution in [0.4, 0.5) is 5.69 Å². The van der Waals surface area contributed by atoms with E-state index in [4.69, 9.17) is 14.0 Å². The average Bonchev–Trinajstić information content (AvgIpc) is 3.21. The standard InChI is InChI=1S/C20H17N3O5S/c1-11-19(24)21-14-9-12(7-8-16(14)29-11)20(25)27-10-17-22-18(23-28-17)13-5-3-4-6-15(13)26-2/h3-9,11H,10H2,1-2H3,(H,21,24). The molecule has 0 spiro atoms. The lowest BCUT2D eigenvalue weighted by Crippen LogP contribution is -2.26. The predicted molar refractivity (Wildman–Crippen MR) is 106 cm³/mol. The van der Waals surface area contributed by atoms with E-state index in [0.29, 0.717) is 28.4 Å². The molecule has 148 valence electrons. The van der Waals surface area contributed by atoms with Gasteiger partial charge in [-0.3, -0.25) is 4.79 Å². The summed E-state index contributed by atoms with van der Waals surface area (Å²) >= 11 is 1.45. The quantitative estimate of drug-likeness (QED) is 0.636. The summed E-state index contributed by atoms with van der Waals surface area (Å²) < 4.78 is 15.7. The molecule has 0 saturated carbocycles. The van der Waals surface area contributed by atoms with Gasteiger partial charge in [0.25, 0.3) is 5.89 Å². The maximum absolute atomic E-state index is 12.4. The van der Waals surface area contributed by atoms with Gasteiger partial charge in [0.1, 0.15) is 5.75 Å². The van der Waals surface area contributed by atoms with Crippen LogP contribution < -0.4 is 10.1 Å². The Labute approximate surface area is 170 Å². The van der Waals surface area contributed by atoms with Gasteiger partial charge in [-0.15, -0.1) is 11.8 Å². The monoisotopic (exact) mass is 411 g/mol. The van der Waals surface area contributed by atoms with Crippen molar-refractivity contribution in [2.75, 3.05) is 12.4 Å². The predicted octanol–water partition coefficient (Wildman–Crippen LogP) is 3.53. The number of carbonyl (C=O) groups excluding carboxylic acids is 2. The number of anilines is 1. The summed E-state index contributed by atoms with van der Waals surface area (Å²) in [5.41, 5.74) is 1.60. The van der Waals surface area contributed by atoms with Crippen molar-refractivity contribution in [2.24, 2.45) is 0 Å². The number of para-hydroxylation sites is 1. The van der Waals surface area contributed by atoms with Crippen molar-refractivity contribution in [3.8, 4) is 17.1 Å². The fourth-order valence-corrected chi connectivity index (χ4v) is 3.73. The van der Waals surface area contributed by atoms with Gasteiger partial charge in [0.2, 0.25) is 11.7 Å². The van der Waals surface area contributed by atoms with Gasteiger partial charge in [-0.1, -0.05) is 17.3 Å². The molecule has 29 heavy (non-hydrogen) atoms. The van der Waals surface area contributed by atoms with E-state index in [1.165, 1.54) is 11.8 Å². The highest BCUT2D eigenvalue weighted by Gasteiger charge is 2.24. The van der Waals surface area contributed by atoms with Crippen LogP contribution in [0.2, 0.25) is 0 Å². The van der Waals surface area contributed by atoms with E-state index < -0.39 is 5.97 Å². The molecule has 2 aromatic carbocycles. The third-order valence-electron chi connectivity index (χ3n) is 4.29. The van der Waals surface area contributed by atoms with Crippen molar-refractivity contribution in [3.05, 3.63) is 53.9 Å². The molecule has 1 aromatic heterocycles. The molecule has 0 aliphatic carbocycles. The number of aromatic nitrogens is 2. The Hall–Kier alpha value is -3.33. The maximum atomic E-state index is 12.4. The zero-order valence-electron chi connectivity index (χ0n) is 15.7. The van der Waals surface area contributed by atoms with E-state index >= 15 is 0 Å². The summed E-state index contributed by atoms with van der Waals surface area (Å²) in [5, 5.41) is 6.53. The Bertz CT molecular complexity index is 1080. The van der Waals surface area contributed by atoms with E-state index in [1.807, 2.05) is 19.1 Å². The zero-order chi connectivity index (χ0) is 20.4. The Morgan fingerprint density at radius 3 is 2.93 bits per heavy atom. The molecule has 1 N–H and O–H groups in total. The van der Waals surface area contributed by atoms with Gasteiger partial charge < -0.3 is 19.3 Å². The van der Waals surface area contributed by atoms with E-state index in [0.717, 1.165) is 4.90 Å². The van der Waals surface area contributed by atoms with Crippen LogP contribution in [-0.2, 0) is 16.1 Å². The van der Waals surface area contributed by atoms with Crippen molar-refractivity contribution in [1.82, 2.24) is 10.1 Å². The lowest BCUT2D eigenvalue weighted by atomic mass is 10.2. The largest absolute Gasteiger partial charge is 0.496 e. The first-order valence-electron chi connectivity index (χ1n) is 8.80. The van der Waals surface area contributed by atoms with Gasteiger partial charge in [-0.2, -0.15) is 4.98 Å². The molecule has 0 bridgehead atoms. The van der Waals surface area contributed by atoms with Crippen molar-refractivity contribution in [3.63, 3.8) is 0 Å². The molecule has 9 heteroatoms. The first-order valence-corrected chi connectivity index (χ1v) is 9.68. The highest BCUT2D eigenvalue weighted by atomic mass is 32.2. The Morgan fingerprint density at radius 2 is 2.10 bits per heavy atom. The van der Waals surface area contributed by atoms with Crippen LogP contribution in [-0.4, -0.2) is 34.4 Å². The third kappa shape index (κ3) is 3.95. The van der Waals surface area contributed by atoms with Crippen LogP contribution in [0.5, 0.6) is 5.75 Å². The number of benzene rings is 2. The molecule has 2 heterocycles. The topological polar surface area (TPSA) is 104 Å². The molecule has 1 aliphatic heterocycles. The number of rotatable bonds is 5. The molecule has 0 radical (unpaired) electrons. The Balaban J connectivity index is 1.44. The molecule has 4 rings (SSSR count). The number of hydrogen-bond acceptors (Lipinski definition) is 8. The molecular formula is C20H17N3O5S. The summed E-state index contributed by atoms with van der Waals surface area (Å²) in [7, 11) is 1.56. The van der Waals surface area contributed by atoms with Crippen molar-refractivity contribution >= 4 is 29.3 Å². The normalized spacial score (nSPS) is 15.4. The molecular weight excluding hydrogens is 394 g/mol. The number of methoxy groups -OCH3 is 1.